The molecule has 1 saturated heterocycles. The number of halogens is 1. The summed E-state index contributed by atoms with van der Waals surface area (Å²) in [5, 5.41) is 0. The Kier molecular flexibility index (Phi) is 1.80. The molecule has 0 aromatic rings. The number of hydrogen-bond acceptors (Lipinski definition) is 1. The van der Waals surface area contributed by atoms with Crippen LogP contribution in [0.3, 0.4) is 0 Å². The lowest BCUT2D eigenvalue weighted by Gasteiger charge is -2.15. The summed E-state index contributed by atoms with van der Waals surface area (Å²) in [6, 6.07) is 0. The third kappa shape index (κ3) is 1.24. The van der Waals surface area contributed by atoms with Gasteiger partial charge >= 0.3 is 0 Å². The van der Waals surface area contributed by atoms with Crippen molar-refractivity contribution in [3.05, 3.63) is 23.0 Å². The van der Waals surface area contributed by atoms with Gasteiger partial charge in [-0.15, -0.1) is 0 Å². The summed E-state index contributed by atoms with van der Waals surface area (Å²) in [7, 11) is 0. The highest BCUT2D eigenvalue weighted by molar-refractivity contribution is 9.09. The normalized spacial score (nSPS) is 29.6. The molecule has 1 aliphatic heterocycles. The van der Waals surface area contributed by atoms with E-state index in [1.807, 2.05) is 0 Å². The SMILES string of the molecule is CC1=C2OCCC2=CC(Br)C1. The van der Waals surface area contributed by atoms with E-state index in [0.717, 1.165) is 19.4 Å². The predicted octanol–water partition coefficient (Wildman–Crippen LogP) is 2.77. The minimum absolute atomic E-state index is 0.531. The molecule has 0 radical (unpaired) electrons. The first-order valence-corrected chi connectivity index (χ1v) is 4.86. The van der Waals surface area contributed by atoms with Crippen molar-refractivity contribution >= 4 is 15.9 Å². The molecule has 0 saturated carbocycles. The first kappa shape index (κ1) is 7.41. The van der Waals surface area contributed by atoms with E-state index in [9.17, 15) is 0 Å². The Hall–Kier alpha value is -0.240. The summed E-state index contributed by atoms with van der Waals surface area (Å²) in [5.74, 6) is 1.17. The summed E-state index contributed by atoms with van der Waals surface area (Å²) in [6.07, 6.45) is 4.46. The van der Waals surface area contributed by atoms with Crippen LogP contribution in [0.25, 0.3) is 0 Å². The fraction of sp³-hybridized carbons (Fsp3) is 0.556. The molecule has 1 fully saturated rings. The third-order valence-electron chi connectivity index (χ3n) is 2.18. The highest BCUT2D eigenvalue weighted by Crippen LogP contribution is 2.35. The molecule has 60 valence electrons. The van der Waals surface area contributed by atoms with Crippen molar-refractivity contribution in [2.45, 2.75) is 24.6 Å². The molecule has 2 heteroatoms. The van der Waals surface area contributed by atoms with E-state index in [-0.39, 0.29) is 0 Å². The Bertz CT molecular complexity index is 240. The molecule has 0 spiro atoms. The fourth-order valence-electron chi connectivity index (χ4n) is 1.69. The van der Waals surface area contributed by atoms with Crippen molar-refractivity contribution in [2.24, 2.45) is 0 Å². The molecular formula is C9H11BrO. The molecule has 0 bridgehead atoms. The maximum atomic E-state index is 5.51. The zero-order valence-corrected chi connectivity index (χ0v) is 8.15. The zero-order valence-electron chi connectivity index (χ0n) is 6.56. The monoisotopic (exact) mass is 214 g/mol. The molecule has 2 rings (SSSR count). The number of fused-ring (bicyclic) bond motifs is 1. The summed E-state index contributed by atoms with van der Waals surface area (Å²) in [6.45, 7) is 3.03. The van der Waals surface area contributed by atoms with E-state index in [4.69, 9.17) is 4.74 Å². The quantitative estimate of drug-likeness (QED) is 0.564. The predicted molar refractivity (Wildman–Crippen MR) is 48.7 cm³/mol. The van der Waals surface area contributed by atoms with Gasteiger partial charge in [0.1, 0.15) is 5.76 Å². The van der Waals surface area contributed by atoms with Crippen molar-refractivity contribution in [1.29, 1.82) is 0 Å². The fourth-order valence-corrected chi connectivity index (χ4v) is 2.49. The number of alkyl halides is 1. The Morgan fingerprint density at radius 3 is 3.27 bits per heavy atom. The van der Waals surface area contributed by atoms with Crippen LogP contribution in [0.1, 0.15) is 19.8 Å². The summed E-state index contributed by atoms with van der Waals surface area (Å²) >= 11 is 3.60. The first-order chi connectivity index (χ1) is 5.27. The highest BCUT2D eigenvalue weighted by Gasteiger charge is 2.23. The van der Waals surface area contributed by atoms with Crippen LogP contribution in [-0.2, 0) is 4.74 Å². The van der Waals surface area contributed by atoms with Crippen molar-refractivity contribution in [1.82, 2.24) is 0 Å². The molecule has 11 heavy (non-hydrogen) atoms. The smallest absolute Gasteiger partial charge is 0.121 e. The molecule has 0 aromatic heterocycles. The van der Waals surface area contributed by atoms with Crippen molar-refractivity contribution in [2.75, 3.05) is 6.61 Å². The topological polar surface area (TPSA) is 9.23 Å². The Balaban J connectivity index is 2.36. The Labute approximate surface area is 75.2 Å². The lowest BCUT2D eigenvalue weighted by Crippen LogP contribution is -2.04. The van der Waals surface area contributed by atoms with Crippen molar-refractivity contribution in [3.63, 3.8) is 0 Å². The van der Waals surface area contributed by atoms with Gasteiger partial charge in [0, 0.05) is 11.2 Å². The van der Waals surface area contributed by atoms with Crippen LogP contribution in [0.5, 0.6) is 0 Å². The van der Waals surface area contributed by atoms with E-state index >= 15 is 0 Å². The van der Waals surface area contributed by atoms with Crippen LogP contribution in [0.2, 0.25) is 0 Å². The number of ether oxygens (including phenoxy) is 1. The molecular weight excluding hydrogens is 204 g/mol. The third-order valence-corrected chi connectivity index (χ3v) is 2.77. The van der Waals surface area contributed by atoms with Gasteiger partial charge in [0.2, 0.25) is 0 Å². The average molecular weight is 215 g/mol. The minimum atomic E-state index is 0.531. The van der Waals surface area contributed by atoms with Gasteiger partial charge in [-0.2, -0.15) is 0 Å². The van der Waals surface area contributed by atoms with Gasteiger partial charge in [0.05, 0.1) is 6.61 Å². The maximum Gasteiger partial charge on any atom is 0.121 e. The van der Waals surface area contributed by atoms with E-state index in [2.05, 4.69) is 28.9 Å². The van der Waals surface area contributed by atoms with E-state index in [0.29, 0.717) is 4.83 Å². The summed E-state index contributed by atoms with van der Waals surface area (Å²) in [4.78, 5) is 0.531. The van der Waals surface area contributed by atoms with Gasteiger partial charge in [0.25, 0.3) is 0 Å². The number of rotatable bonds is 0. The van der Waals surface area contributed by atoms with Gasteiger partial charge in [-0.25, -0.2) is 0 Å². The van der Waals surface area contributed by atoms with Crippen LogP contribution in [0.4, 0.5) is 0 Å². The second-order valence-corrected chi connectivity index (χ2v) is 4.30. The molecule has 1 aliphatic carbocycles. The van der Waals surface area contributed by atoms with Gasteiger partial charge in [-0.1, -0.05) is 22.0 Å². The molecule has 1 unspecified atom stereocenters. The van der Waals surface area contributed by atoms with E-state index in [1.54, 1.807) is 0 Å². The molecule has 1 nitrogen and oxygen atoms in total. The average Bonchev–Trinajstić information content (AvgIpc) is 2.34. The molecule has 1 atom stereocenters. The van der Waals surface area contributed by atoms with Gasteiger partial charge in [-0.05, 0) is 24.5 Å². The summed E-state index contributed by atoms with van der Waals surface area (Å²) < 4.78 is 5.51. The number of allylic oxidation sites excluding steroid dienone is 3. The lowest BCUT2D eigenvalue weighted by atomic mass is 9.98. The highest BCUT2D eigenvalue weighted by atomic mass is 79.9. The first-order valence-electron chi connectivity index (χ1n) is 3.95. The second kappa shape index (κ2) is 2.67. The summed E-state index contributed by atoms with van der Waals surface area (Å²) in [5.41, 5.74) is 2.79. The molecule has 0 amide bonds. The molecule has 0 N–H and O–H groups in total. The molecule has 1 heterocycles. The van der Waals surface area contributed by atoms with Crippen molar-refractivity contribution < 1.29 is 4.74 Å². The largest absolute Gasteiger partial charge is 0.493 e. The van der Waals surface area contributed by atoms with Crippen LogP contribution in [0, 0.1) is 0 Å². The van der Waals surface area contributed by atoms with Crippen LogP contribution in [0.15, 0.2) is 23.0 Å². The zero-order chi connectivity index (χ0) is 7.84. The minimum Gasteiger partial charge on any atom is -0.493 e. The number of hydrogen-bond donors (Lipinski definition) is 0. The standard InChI is InChI=1S/C9H11BrO/c1-6-4-8(10)5-7-2-3-11-9(6)7/h5,8H,2-4H2,1H3. The van der Waals surface area contributed by atoms with Crippen molar-refractivity contribution in [3.8, 4) is 0 Å². The van der Waals surface area contributed by atoms with Crippen LogP contribution < -0.4 is 0 Å². The Morgan fingerprint density at radius 1 is 1.64 bits per heavy atom. The van der Waals surface area contributed by atoms with Gasteiger partial charge in [0.15, 0.2) is 0 Å². The van der Waals surface area contributed by atoms with Gasteiger partial charge in [-0.3, -0.25) is 0 Å². The second-order valence-electron chi connectivity index (χ2n) is 3.12. The van der Waals surface area contributed by atoms with Crippen LogP contribution >= 0.6 is 15.9 Å². The van der Waals surface area contributed by atoms with Crippen LogP contribution in [-0.4, -0.2) is 11.4 Å². The maximum absolute atomic E-state index is 5.51. The molecule has 0 aromatic carbocycles. The lowest BCUT2D eigenvalue weighted by molar-refractivity contribution is 0.261. The van der Waals surface area contributed by atoms with E-state index < -0.39 is 0 Å². The molecule has 2 aliphatic rings. The van der Waals surface area contributed by atoms with E-state index in [1.165, 1.54) is 16.9 Å². The van der Waals surface area contributed by atoms with Gasteiger partial charge < -0.3 is 4.74 Å². The Morgan fingerprint density at radius 2 is 2.45 bits per heavy atom.